The Labute approximate surface area is 109 Å². The average molecular weight is 260 g/mol. The molecule has 5 heteroatoms. The summed E-state index contributed by atoms with van der Waals surface area (Å²) in [5.74, 6) is 0. The van der Waals surface area contributed by atoms with E-state index >= 15 is 0 Å². The molecule has 0 aliphatic carbocycles. The van der Waals surface area contributed by atoms with E-state index in [-0.39, 0.29) is 10.6 Å². The predicted molar refractivity (Wildman–Crippen MR) is 74.1 cm³/mol. The highest BCUT2D eigenvalue weighted by Gasteiger charge is 2.10. The number of aliphatic imine (C=N–C) groups is 1. The van der Waals surface area contributed by atoms with Gasteiger partial charge in [-0.05, 0) is 36.9 Å². The topological polar surface area (TPSA) is 55.5 Å². The van der Waals surface area contributed by atoms with Gasteiger partial charge in [-0.25, -0.2) is 0 Å². The van der Waals surface area contributed by atoms with Gasteiger partial charge in [-0.2, -0.15) is 0 Å². The third-order valence-electron chi connectivity index (χ3n) is 2.62. The number of rotatable bonds is 3. The standard InChI is InChI=1S/C13H12N2O2S/c1-9-3-4-11(7-12(9)15(16)17)14-8-13-10(2)5-6-18-13/h3-8H,1-2H3. The number of aryl methyl sites for hydroxylation is 2. The van der Waals surface area contributed by atoms with Crippen molar-refractivity contribution in [1.82, 2.24) is 0 Å². The zero-order valence-corrected chi connectivity index (χ0v) is 10.9. The number of nitro groups is 1. The zero-order valence-electron chi connectivity index (χ0n) is 10.1. The number of thiophene rings is 1. The lowest BCUT2D eigenvalue weighted by atomic mass is 10.2. The highest BCUT2D eigenvalue weighted by Crippen LogP contribution is 2.24. The average Bonchev–Trinajstić information content (AvgIpc) is 2.73. The first-order valence-corrected chi connectivity index (χ1v) is 6.29. The van der Waals surface area contributed by atoms with Crippen molar-refractivity contribution in [3.8, 4) is 0 Å². The number of nitrogens with zero attached hydrogens (tertiary/aromatic N) is 2. The van der Waals surface area contributed by atoms with E-state index in [0.717, 1.165) is 10.4 Å². The second-order valence-corrected chi connectivity index (χ2v) is 4.90. The summed E-state index contributed by atoms with van der Waals surface area (Å²) in [5, 5.41) is 12.8. The van der Waals surface area contributed by atoms with Gasteiger partial charge in [0, 0.05) is 22.7 Å². The number of hydrogen-bond acceptors (Lipinski definition) is 4. The largest absolute Gasteiger partial charge is 0.274 e. The fraction of sp³-hybridized carbons (Fsp3) is 0.154. The summed E-state index contributed by atoms with van der Waals surface area (Å²) in [6.45, 7) is 3.73. The molecule has 1 aromatic heterocycles. The minimum atomic E-state index is -0.384. The summed E-state index contributed by atoms with van der Waals surface area (Å²) < 4.78 is 0. The smallest absolute Gasteiger partial charge is 0.258 e. The van der Waals surface area contributed by atoms with E-state index in [9.17, 15) is 10.1 Å². The SMILES string of the molecule is Cc1ccc(N=Cc2sccc2C)cc1[N+](=O)[O-]. The van der Waals surface area contributed by atoms with E-state index in [4.69, 9.17) is 0 Å². The molecule has 2 rings (SSSR count). The summed E-state index contributed by atoms with van der Waals surface area (Å²) in [7, 11) is 0. The molecule has 0 unspecified atom stereocenters. The van der Waals surface area contributed by atoms with Crippen molar-refractivity contribution in [2.24, 2.45) is 4.99 Å². The lowest BCUT2D eigenvalue weighted by Crippen LogP contribution is -1.90. The molecule has 0 spiro atoms. The molecule has 0 amide bonds. The molecule has 4 nitrogen and oxygen atoms in total. The Balaban J connectivity index is 2.30. The summed E-state index contributed by atoms with van der Waals surface area (Å²) in [6.07, 6.45) is 1.74. The summed E-state index contributed by atoms with van der Waals surface area (Å²) in [5.41, 5.74) is 2.50. The lowest BCUT2D eigenvalue weighted by molar-refractivity contribution is -0.385. The van der Waals surface area contributed by atoms with Gasteiger partial charge >= 0.3 is 0 Å². The van der Waals surface area contributed by atoms with E-state index in [1.165, 1.54) is 6.07 Å². The minimum absolute atomic E-state index is 0.104. The first kappa shape index (κ1) is 12.4. The Kier molecular flexibility index (Phi) is 3.53. The molecule has 2 aromatic rings. The van der Waals surface area contributed by atoms with Gasteiger partial charge in [0.1, 0.15) is 0 Å². The third-order valence-corrected chi connectivity index (χ3v) is 3.58. The van der Waals surface area contributed by atoms with Gasteiger partial charge in [-0.1, -0.05) is 6.07 Å². The van der Waals surface area contributed by atoms with E-state index in [1.807, 2.05) is 18.4 Å². The summed E-state index contributed by atoms with van der Waals surface area (Å²) in [4.78, 5) is 15.8. The molecule has 0 fully saturated rings. The molecular weight excluding hydrogens is 248 g/mol. The quantitative estimate of drug-likeness (QED) is 0.475. The highest BCUT2D eigenvalue weighted by molar-refractivity contribution is 7.11. The lowest BCUT2D eigenvalue weighted by Gasteiger charge is -1.98. The second kappa shape index (κ2) is 5.10. The maximum absolute atomic E-state index is 10.8. The first-order chi connectivity index (χ1) is 8.58. The molecule has 0 saturated carbocycles. The van der Waals surface area contributed by atoms with Crippen LogP contribution in [0.2, 0.25) is 0 Å². The van der Waals surface area contributed by atoms with Crippen LogP contribution in [0.4, 0.5) is 11.4 Å². The number of benzene rings is 1. The van der Waals surface area contributed by atoms with Crippen LogP contribution in [0.15, 0.2) is 34.6 Å². The Morgan fingerprint density at radius 3 is 2.67 bits per heavy atom. The first-order valence-electron chi connectivity index (χ1n) is 5.41. The molecule has 0 bridgehead atoms. The molecule has 0 aliphatic rings. The van der Waals surface area contributed by atoms with Crippen LogP contribution in [0.5, 0.6) is 0 Å². The van der Waals surface area contributed by atoms with Gasteiger partial charge in [0.25, 0.3) is 5.69 Å². The second-order valence-electron chi connectivity index (χ2n) is 3.95. The molecule has 92 valence electrons. The van der Waals surface area contributed by atoms with Crippen LogP contribution < -0.4 is 0 Å². The van der Waals surface area contributed by atoms with Gasteiger partial charge in [-0.15, -0.1) is 11.3 Å². The molecule has 0 radical (unpaired) electrons. The van der Waals surface area contributed by atoms with Crippen molar-refractivity contribution in [2.45, 2.75) is 13.8 Å². The molecule has 0 aliphatic heterocycles. The monoisotopic (exact) mass is 260 g/mol. The van der Waals surface area contributed by atoms with Gasteiger partial charge in [0.15, 0.2) is 0 Å². The van der Waals surface area contributed by atoms with Crippen LogP contribution in [0.25, 0.3) is 0 Å². The van der Waals surface area contributed by atoms with Crippen LogP contribution >= 0.6 is 11.3 Å². The van der Waals surface area contributed by atoms with Crippen LogP contribution in [-0.4, -0.2) is 11.1 Å². The zero-order chi connectivity index (χ0) is 13.1. The van der Waals surface area contributed by atoms with Crippen molar-refractivity contribution in [3.63, 3.8) is 0 Å². The van der Waals surface area contributed by atoms with Crippen LogP contribution in [0, 0.1) is 24.0 Å². The fourth-order valence-electron chi connectivity index (χ4n) is 1.52. The van der Waals surface area contributed by atoms with E-state index in [2.05, 4.69) is 4.99 Å². The predicted octanol–water partition coefficient (Wildman–Crippen LogP) is 4.02. The third kappa shape index (κ3) is 2.62. The number of nitro benzene ring substituents is 1. The van der Waals surface area contributed by atoms with Crippen molar-refractivity contribution in [3.05, 3.63) is 55.8 Å². The van der Waals surface area contributed by atoms with Crippen LogP contribution in [-0.2, 0) is 0 Å². The van der Waals surface area contributed by atoms with Crippen molar-refractivity contribution < 1.29 is 4.92 Å². The van der Waals surface area contributed by atoms with Crippen molar-refractivity contribution >= 4 is 28.9 Å². The summed E-state index contributed by atoms with van der Waals surface area (Å²) in [6, 6.07) is 7.01. The van der Waals surface area contributed by atoms with Crippen molar-refractivity contribution in [2.75, 3.05) is 0 Å². The molecule has 0 N–H and O–H groups in total. The molecule has 0 atom stereocenters. The van der Waals surface area contributed by atoms with E-state index < -0.39 is 0 Å². The van der Waals surface area contributed by atoms with Gasteiger partial charge in [0.05, 0.1) is 10.6 Å². The Hall–Kier alpha value is -2.01. The van der Waals surface area contributed by atoms with E-state index in [1.54, 1.807) is 36.6 Å². The molecule has 18 heavy (non-hydrogen) atoms. The Morgan fingerprint density at radius 2 is 2.06 bits per heavy atom. The highest BCUT2D eigenvalue weighted by atomic mass is 32.1. The normalized spacial score (nSPS) is 11.0. The van der Waals surface area contributed by atoms with Gasteiger partial charge in [-0.3, -0.25) is 15.1 Å². The van der Waals surface area contributed by atoms with E-state index in [0.29, 0.717) is 11.3 Å². The van der Waals surface area contributed by atoms with Crippen LogP contribution in [0.3, 0.4) is 0 Å². The minimum Gasteiger partial charge on any atom is -0.258 e. The maximum atomic E-state index is 10.8. The summed E-state index contributed by atoms with van der Waals surface area (Å²) >= 11 is 1.60. The van der Waals surface area contributed by atoms with Crippen molar-refractivity contribution in [1.29, 1.82) is 0 Å². The Morgan fingerprint density at radius 1 is 1.28 bits per heavy atom. The van der Waals surface area contributed by atoms with Gasteiger partial charge < -0.3 is 0 Å². The van der Waals surface area contributed by atoms with Gasteiger partial charge in [0.2, 0.25) is 0 Å². The van der Waals surface area contributed by atoms with Crippen LogP contribution in [0.1, 0.15) is 16.0 Å². The number of hydrogen-bond donors (Lipinski definition) is 0. The molecule has 1 heterocycles. The molecular formula is C13H12N2O2S. The maximum Gasteiger partial charge on any atom is 0.274 e. The molecule has 1 aromatic carbocycles. The molecule has 0 saturated heterocycles. The fourth-order valence-corrected chi connectivity index (χ4v) is 2.31. The Bertz CT molecular complexity index is 617.